The van der Waals surface area contributed by atoms with Gasteiger partial charge in [0.05, 0.1) is 48.2 Å². The third-order valence-electron chi connectivity index (χ3n) is 9.61. The number of phenols is 2. The lowest BCUT2D eigenvalue weighted by atomic mass is 10.0. The van der Waals surface area contributed by atoms with Crippen LogP contribution in [0.3, 0.4) is 0 Å². The molecule has 4 rings (SSSR count). The van der Waals surface area contributed by atoms with Crippen LogP contribution in [0, 0.1) is 28.6 Å². The summed E-state index contributed by atoms with van der Waals surface area (Å²) < 4.78 is 110. The second-order valence-corrected chi connectivity index (χ2v) is 24.5. The molecule has 0 aromatic heterocycles. The lowest BCUT2D eigenvalue weighted by molar-refractivity contribution is -0.176. The Morgan fingerprint density at radius 2 is 0.851 bits per heavy atom. The maximum atomic E-state index is 14.7. The summed E-state index contributed by atoms with van der Waals surface area (Å²) in [5.41, 5.74) is 5.21. The number of nitrogens with two attached hydrogens (primary N) is 1. The van der Waals surface area contributed by atoms with E-state index in [-0.39, 0.29) is 65.3 Å². The Balaban J connectivity index is 1.76. The Labute approximate surface area is 526 Å². The monoisotopic (exact) mass is 1940 g/mol. The van der Waals surface area contributed by atoms with Gasteiger partial charge < -0.3 is 45.5 Å². The van der Waals surface area contributed by atoms with Gasteiger partial charge in [0.15, 0.2) is 11.5 Å². The normalized spacial score (nSPS) is 12.4. The number of rotatable bonds is 23. The first-order valence-corrected chi connectivity index (χ1v) is 29.4. The molecule has 30 heteroatoms. The van der Waals surface area contributed by atoms with Gasteiger partial charge in [0.2, 0.25) is 11.8 Å². The zero-order valence-corrected chi connectivity index (χ0v) is 54.4. The molecule has 0 aliphatic heterocycles. The van der Waals surface area contributed by atoms with Crippen LogP contribution in [0.15, 0.2) is 48.5 Å². The Hall–Kier alpha value is -1.36. The van der Waals surface area contributed by atoms with E-state index in [0.717, 1.165) is 0 Å². The highest BCUT2D eigenvalue weighted by Gasteiger charge is 2.46. The number of phenolic OH excluding ortho intramolecular Hbond substituents is 2. The van der Waals surface area contributed by atoms with E-state index in [1.54, 1.807) is 0 Å². The van der Waals surface area contributed by atoms with Gasteiger partial charge in [-0.25, -0.2) is 4.90 Å². The number of benzene rings is 4. The molecule has 6 N–H and O–H groups in total. The molecule has 0 unspecified atom stereocenters. The molecule has 0 bridgehead atoms. The fourth-order valence-electron chi connectivity index (χ4n) is 6.17. The molecular weight excluding hydrogens is 1910 g/mol. The number of ether oxygens (including phenoxy) is 4. The molecule has 4 aromatic rings. The zero-order chi connectivity index (χ0) is 55.4. The quantitative estimate of drug-likeness (QED) is 0.0265. The molecule has 2 atom stereocenters. The van der Waals surface area contributed by atoms with E-state index < -0.39 is 85.7 Å². The molecular formula is C44H36F6I8N4O12. The zero-order valence-electron chi connectivity index (χ0n) is 37.1. The molecule has 0 saturated heterocycles. The second-order valence-electron chi connectivity index (χ2n) is 15.2. The van der Waals surface area contributed by atoms with E-state index in [1.165, 1.54) is 59.2 Å². The molecule has 0 heterocycles. The van der Waals surface area contributed by atoms with E-state index in [2.05, 4.69) is 0 Å². The van der Waals surface area contributed by atoms with Crippen molar-refractivity contribution >= 4 is 216 Å². The van der Waals surface area contributed by atoms with Gasteiger partial charge in [0, 0.05) is 32.5 Å². The van der Waals surface area contributed by atoms with Crippen LogP contribution >= 0.6 is 181 Å². The first-order chi connectivity index (χ1) is 34.5. The molecule has 16 nitrogen and oxygen atoms in total. The Morgan fingerprint density at radius 1 is 0.527 bits per heavy atom. The number of aromatic hydroxyl groups is 2. The summed E-state index contributed by atoms with van der Waals surface area (Å²) in [6.45, 7) is -0.259. The molecule has 0 saturated carbocycles. The van der Waals surface area contributed by atoms with Crippen LogP contribution in [0.4, 0.5) is 26.3 Å². The smallest absolute Gasteiger partial charge is 0.471 e. The first kappa shape index (κ1) is 65.2. The van der Waals surface area contributed by atoms with Crippen molar-refractivity contribution < 1.29 is 84.3 Å². The van der Waals surface area contributed by atoms with Gasteiger partial charge in [0.1, 0.15) is 35.1 Å². The van der Waals surface area contributed by atoms with Crippen LogP contribution in [0.1, 0.15) is 36.8 Å². The minimum atomic E-state index is -5.62. The molecule has 6 amide bonds. The third-order valence-corrected chi connectivity index (χ3v) is 16.1. The lowest BCUT2D eigenvalue weighted by Crippen LogP contribution is -2.60. The number of unbranched alkanes of at least 4 members (excludes halogenated alkanes) is 1. The lowest BCUT2D eigenvalue weighted by Gasteiger charge is -2.29. The number of nitrogens with one attached hydrogen (secondary N) is 2. The molecule has 0 spiro atoms. The summed E-state index contributed by atoms with van der Waals surface area (Å²) in [7, 11) is 0. The highest BCUT2D eigenvalue weighted by Crippen LogP contribution is 2.39. The van der Waals surface area contributed by atoms with Gasteiger partial charge in [0.25, 0.3) is 11.8 Å². The van der Waals surface area contributed by atoms with Crippen molar-refractivity contribution in [3.05, 3.63) is 88.2 Å². The number of amides is 6. The molecule has 74 heavy (non-hydrogen) atoms. The van der Waals surface area contributed by atoms with Crippen molar-refractivity contribution in [3.8, 4) is 34.5 Å². The highest BCUT2D eigenvalue weighted by atomic mass is 127. The largest absolute Gasteiger partial charge is 0.506 e. The summed E-state index contributed by atoms with van der Waals surface area (Å²) in [5, 5.41) is 23.5. The van der Waals surface area contributed by atoms with Gasteiger partial charge >= 0.3 is 24.2 Å². The molecule has 0 fully saturated rings. The Morgan fingerprint density at radius 3 is 1.16 bits per heavy atom. The van der Waals surface area contributed by atoms with E-state index in [4.69, 9.17) is 24.7 Å². The maximum Gasteiger partial charge on any atom is 0.471 e. The van der Waals surface area contributed by atoms with Crippen molar-refractivity contribution in [1.82, 2.24) is 15.5 Å². The van der Waals surface area contributed by atoms with Crippen LogP contribution in [0.5, 0.6) is 34.5 Å². The number of alkyl halides is 6. The average Bonchev–Trinajstić information content (AvgIpc) is 3.29. The summed E-state index contributed by atoms with van der Waals surface area (Å²) >= 11 is 15.0. The summed E-state index contributed by atoms with van der Waals surface area (Å²) in [5.74, 6) is -9.82. The van der Waals surface area contributed by atoms with E-state index in [9.17, 15) is 65.3 Å². The van der Waals surface area contributed by atoms with Gasteiger partial charge in [-0.2, -0.15) is 26.3 Å². The van der Waals surface area contributed by atoms with E-state index in [0.29, 0.717) is 52.9 Å². The third kappa shape index (κ3) is 19.8. The second kappa shape index (κ2) is 29.7. The van der Waals surface area contributed by atoms with Crippen molar-refractivity contribution in [2.75, 3.05) is 26.4 Å². The van der Waals surface area contributed by atoms with Crippen molar-refractivity contribution in [1.29, 1.82) is 0 Å². The topological polar surface area (TPSA) is 233 Å². The predicted molar refractivity (Wildman–Crippen MR) is 321 cm³/mol. The number of hydrogen-bond donors (Lipinski definition) is 5. The predicted octanol–water partition coefficient (Wildman–Crippen LogP) is 10.4. The molecule has 4 aromatic carbocycles. The molecule has 0 aliphatic rings. The number of primary amides is 1. The Kier molecular flexibility index (Phi) is 26.2. The maximum absolute atomic E-state index is 14.7. The number of halogens is 14. The summed E-state index contributed by atoms with van der Waals surface area (Å²) in [6, 6.07) is 6.88. The summed E-state index contributed by atoms with van der Waals surface area (Å²) in [4.78, 5) is 79.5. The SMILES string of the molecule is NC(=O)CCOCCCCOCCC(=O)N(C(=O)[C@H](Cc1cc(I)c(Oc2cc(I)c(O)c(I)c2)c(I)c1)NC(=O)C(F)(F)F)C(=O)[C@H](Cc1cc(I)c(Oc2cc(I)c(O)c(I)c2)c(I)c1)NC(=O)C(F)(F)F. The summed E-state index contributed by atoms with van der Waals surface area (Å²) in [6.07, 6.45) is -13.0. The van der Waals surface area contributed by atoms with Crippen LogP contribution in [-0.4, -0.2) is 101 Å². The van der Waals surface area contributed by atoms with E-state index >= 15 is 0 Å². The number of imide groups is 3. The van der Waals surface area contributed by atoms with Gasteiger partial charge in [-0.1, -0.05) is 0 Å². The van der Waals surface area contributed by atoms with Crippen LogP contribution in [0.2, 0.25) is 0 Å². The number of carbonyl (C=O) groups is 6. The number of nitrogens with zero attached hydrogens (tertiary/aromatic N) is 1. The minimum absolute atomic E-state index is 0.00387. The molecule has 0 radical (unpaired) electrons. The van der Waals surface area contributed by atoms with Crippen molar-refractivity contribution in [2.24, 2.45) is 5.73 Å². The highest BCUT2D eigenvalue weighted by molar-refractivity contribution is 14.1. The van der Waals surface area contributed by atoms with Crippen LogP contribution in [0.25, 0.3) is 0 Å². The van der Waals surface area contributed by atoms with Crippen LogP contribution < -0.4 is 25.8 Å². The number of hydrogen-bond acceptors (Lipinski definition) is 12. The molecule has 0 aliphatic carbocycles. The fraction of sp³-hybridized carbons (Fsp3) is 0.318. The minimum Gasteiger partial charge on any atom is -0.506 e. The van der Waals surface area contributed by atoms with Gasteiger partial charge in [-0.05, 0) is 253 Å². The standard InChI is InChI=1S/C44H36F6I8N4O12/c45-43(46,47)41(69)60-31(13-19-9-27(55)37(28(56)10-19)73-21-15-23(51)35(65)24(52)16-21)39(67)62(34(64)4-8-72-6-2-1-5-71-7-3-33(59)63)40(68)32(61-42(70)44(48,49)50)14-20-11-29(57)38(30(58)12-20)74-22-17-25(53)36(66)26(54)18-22/h9-12,15-18,31-32,65-66H,1-8,13-14H2,(H2,59,63)(H,60,69)(H,61,70)/t31-,32-/m0/s1. The Bertz CT molecular complexity index is 2520. The van der Waals surface area contributed by atoms with E-state index in [1.807, 2.05) is 181 Å². The van der Waals surface area contributed by atoms with Crippen molar-refractivity contribution in [3.63, 3.8) is 0 Å². The van der Waals surface area contributed by atoms with Crippen molar-refractivity contribution in [2.45, 2.75) is 63.0 Å². The average molecular weight is 1940 g/mol. The fourth-order valence-corrected chi connectivity index (χ4v) is 13.8. The van der Waals surface area contributed by atoms with Crippen LogP contribution in [-0.2, 0) is 51.1 Å². The molecule has 402 valence electrons. The number of carbonyl (C=O) groups excluding carboxylic acids is 6. The van der Waals surface area contributed by atoms with Gasteiger partial charge in [-0.15, -0.1) is 0 Å². The van der Waals surface area contributed by atoms with Gasteiger partial charge in [-0.3, -0.25) is 28.8 Å². The first-order valence-electron chi connectivity index (χ1n) is 20.8.